The SMILES string of the molecule is Cc1cc(=Nc2ncnc3c2CCN3)n(O)c2c1C(=O)NC21CCCCC1. The lowest BCUT2D eigenvalue weighted by Gasteiger charge is -2.34. The zero-order valence-electron chi connectivity index (χ0n) is 15.2. The van der Waals surface area contributed by atoms with Crippen LogP contribution in [0.25, 0.3) is 0 Å². The van der Waals surface area contributed by atoms with Crippen molar-refractivity contribution >= 4 is 17.5 Å². The Kier molecular flexibility index (Phi) is 3.50. The van der Waals surface area contributed by atoms with E-state index in [1.807, 2.05) is 6.92 Å². The topological polar surface area (TPSA) is 104 Å². The van der Waals surface area contributed by atoms with E-state index >= 15 is 0 Å². The summed E-state index contributed by atoms with van der Waals surface area (Å²) < 4.78 is 1.10. The van der Waals surface area contributed by atoms with Crippen LogP contribution in [0.1, 0.15) is 59.3 Å². The molecule has 1 amide bonds. The average Bonchev–Trinajstić information content (AvgIpc) is 3.24. The molecule has 0 aromatic carbocycles. The summed E-state index contributed by atoms with van der Waals surface area (Å²) in [6.07, 6.45) is 7.17. The van der Waals surface area contributed by atoms with Gasteiger partial charge in [0.2, 0.25) is 0 Å². The number of pyridine rings is 1. The molecular weight excluding hydrogens is 344 g/mol. The Morgan fingerprint density at radius 1 is 1.26 bits per heavy atom. The van der Waals surface area contributed by atoms with Crippen molar-refractivity contribution in [3.05, 3.63) is 40.3 Å². The summed E-state index contributed by atoms with van der Waals surface area (Å²) in [6, 6.07) is 1.75. The van der Waals surface area contributed by atoms with Crippen LogP contribution in [-0.2, 0) is 12.0 Å². The first-order chi connectivity index (χ1) is 13.1. The van der Waals surface area contributed by atoms with Crippen molar-refractivity contribution in [2.24, 2.45) is 4.99 Å². The summed E-state index contributed by atoms with van der Waals surface area (Å²) in [5, 5.41) is 17.4. The molecule has 0 radical (unpaired) electrons. The van der Waals surface area contributed by atoms with Gasteiger partial charge in [-0.25, -0.2) is 15.0 Å². The van der Waals surface area contributed by atoms with Gasteiger partial charge in [-0.3, -0.25) is 4.79 Å². The predicted octanol–water partition coefficient (Wildman–Crippen LogP) is 1.93. The Bertz CT molecular complexity index is 1020. The maximum absolute atomic E-state index is 12.6. The summed E-state index contributed by atoms with van der Waals surface area (Å²) in [5.74, 6) is 1.25. The Morgan fingerprint density at radius 3 is 2.89 bits per heavy atom. The van der Waals surface area contributed by atoms with Crippen LogP contribution < -0.4 is 16.1 Å². The van der Waals surface area contributed by atoms with Gasteiger partial charge >= 0.3 is 0 Å². The fourth-order valence-corrected chi connectivity index (χ4v) is 4.69. The van der Waals surface area contributed by atoms with E-state index in [0.29, 0.717) is 22.6 Å². The van der Waals surface area contributed by atoms with Crippen LogP contribution in [0.5, 0.6) is 0 Å². The van der Waals surface area contributed by atoms with Crippen LogP contribution in [0.4, 0.5) is 11.6 Å². The van der Waals surface area contributed by atoms with Crippen molar-refractivity contribution < 1.29 is 10.0 Å². The molecule has 2 aromatic heterocycles. The van der Waals surface area contributed by atoms with E-state index in [1.165, 1.54) is 6.33 Å². The van der Waals surface area contributed by atoms with Gasteiger partial charge in [-0.15, -0.1) is 0 Å². The summed E-state index contributed by atoms with van der Waals surface area (Å²) in [7, 11) is 0. The molecule has 5 rings (SSSR count). The van der Waals surface area contributed by atoms with Crippen LogP contribution in [-0.4, -0.2) is 32.4 Å². The molecule has 0 atom stereocenters. The standard InChI is InChI=1S/C19H22N6O2/c1-11-9-13(23-17-12-5-8-20-16(12)21-10-22-17)25(27)15-14(11)18(26)24-19(15)6-3-2-4-7-19/h9-10,27H,2-8H2,1H3,(H,24,26)(H,20,21,22). The Labute approximate surface area is 156 Å². The minimum Gasteiger partial charge on any atom is -0.427 e. The average molecular weight is 366 g/mol. The van der Waals surface area contributed by atoms with E-state index in [9.17, 15) is 10.0 Å². The van der Waals surface area contributed by atoms with Crippen molar-refractivity contribution in [1.29, 1.82) is 0 Å². The minimum absolute atomic E-state index is 0.106. The molecule has 2 aliphatic heterocycles. The van der Waals surface area contributed by atoms with Crippen molar-refractivity contribution in [3.8, 4) is 0 Å². The van der Waals surface area contributed by atoms with Gasteiger partial charge in [0.1, 0.15) is 12.1 Å². The fraction of sp³-hybridized carbons (Fsp3) is 0.474. The molecular formula is C19H22N6O2. The first-order valence-electron chi connectivity index (χ1n) is 9.50. The summed E-state index contributed by atoms with van der Waals surface area (Å²) in [5.41, 5.74) is 2.89. The smallest absolute Gasteiger partial charge is 0.254 e. The molecule has 8 nitrogen and oxygen atoms in total. The number of carbonyl (C=O) groups is 1. The Hall–Kier alpha value is -2.90. The van der Waals surface area contributed by atoms with Crippen LogP contribution in [0.3, 0.4) is 0 Å². The number of fused-ring (bicyclic) bond motifs is 3. The van der Waals surface area contributed by atoms with Gasteiger partial charge in [-0.1, -0.05) is 19.3 Å². The number of hydrogen-bond acceptors (Lipinski definition) is 6. The number of nitrogens with zero attached hydrogens (tertiary/aromatic N) is 4. The van der Waals surface area contributed by atoms with E-state index in [4.69, 9.17) is 0 Å². The molecule has 1 saturated carbocycles. The zero-order valence-corrected chi connectivity index (χ0v) is 15.2. The number of carbonyl (C=O) groups excluding carboxylic acids is 1. The third-order valence-electron chi connectivity index (χ3n) is 5.96. The van der Waals surface area contributed by atoms with Crippen LogP contribution >= 0.6 is 0 Å². The van der Waals surface area contributed by atoms with Crippen LogP contribution in [0, 0.1) is 6.92 Å². The highest BCUT2D eigenvalue weighted by Crippen LogP contribution is 2.42. The molecule has 3 N–H and O–H groups in total. The highest BCUT2D eigenvalue weighted by atomic mass is 16.5. The first kappa shape index (κ1) is 16.3. The van der Waals surface area contributed by atoms with Crippen molar-refractivity contribution in [2.45, 2.75) is 51.0 Å². The van der Waals surface area contributed by atoms with Gasteiger partial charge in [-0.2, -0.15) is 4.73 Å². The van der Waals surface area contributed by atoms with Gasteiger partial charge in [0.15, 0.2) is 11.3 Å². The van der Waals surface area contributed by atoms with Crippen molar-refractivity contribution in [1.82, 2.24) is 20.0 Å². The molecule has 0 saturated heterocycles. The quantitative estimate of drug-likeness (QED) is 0.669. The van der Waals surface area contributed by atoms with Gasteiger partial charge in [0.25, 0.3) is 5.91 Å². The van der Waals surface area contributed by atoms with E-state index in [0.717, 1.165) is 66.7 Å². The predicted molar refractivity (Wildman–Crippen MR) is 98.0 cm³/mol. The molecule has 1 aliphatic carbocycles. The number of rotatable bonds is 1. The number of nitrogens with one attached hydrogen (secondary N) is 2. The third kappa shape index (κ3) is 2.35. The van der Waals surface area contributed by atoms with Gasteiger partial charge in [-0.05, 0) is 37.8 Å². The molecule has 1 fully saturated rings. The third-order valence-corrected chi connectivity index (χ3v) is 5.96. The number of aryl methyl sites for hydroxylation is 1. The zero-order chi connectivity index (χ0) is 18.6. The molecule has 27 heavy (non-hydrogen) atoms. The molecule has 3 aliphatic rings. The number of anilines is 1. The van der Waals surface area contributed by atoms with Gasteiger partial charge < -0.3 is 15.8 Å². The maximum atomic E-state index is 12.6. The molecule has 4 heterocycles. The minimum atomic E-state index is -0.495. The number of amides is 1. The second kappa shape index (κ2) is 5.80. The summed E-state index contributed by atoms with van der Waals surface area (Å²) >= 11 is 0. The second-order valence-corrected chi connectivity index (χ2v) is 7.63. The fourth-order valence-electron chi connectivity index (χ4n) is 4.69. The van der Waals surface area contributed by atoms with Gasteiger partial charge in [0.05, 0.1) is 16.8 Å². The second-order valence-electron chi connectivity index (χ2n) is 7.63. The molecule has 140 valence electrons. The van der Waals surface area contributed by atoms with E-state index < -0.39 is 5.54 Å². The van der Waals surface area contributed by atoms with Gasteiger partial charge in [0, 0.05) is 12.1 Å². The molecule has 0 bridgehead atoms. The van der Waals surface area contributed by atoms with E-state index in [-0.39, 0.29) is 5.91 Å². The van der Waals surface area contributed by atoms with Crippen LogP contribution in [0.15, 0.2) is 17.4 Å². The first-order valence-corrected chi connectivity index (χ1v) is 9.50. The summed E-state index contributed by atoms with van der Waals surface area (Å²) in [4.78, 5) is 25.8. The molecule has 0 unspecified atom stereocenters. The highest BCUT2D eigenvalue weighted by molar-refractivity contribution is 6.00. The van der Waals surface area contributed by atoms with Crippen molar-refractivity contribution in [3.63, 3.8) is 0 Å². The van der Waals surface area contributed by atoms with Crippen molar-refractivity contribution in [2.75, 3.05) is 11.9 Å². The Morgan fingerprint density at radius 2 is 2.07 bits per heavy atom. The monoisotopic (exact) mass is 366 g/mol. The van der Waals surface area contributed by atoms with Crippen LogP contribution in [0.2, 0.25) is 0 Å². The number of aromatic nitrogens is 3. The summed E-state index contributed by atoms with van der Waals surface area (Å²) in [6.45, 7) is 2.70. The largest absolute Gasteiger partial charge is 0.427 e. The maximum Gasteiger partial charge on any atom is 0.254 e. The van der Waals surface area contributed by atoms with E-state index in [2.05, 4.69) is 25.6 Å². The van der Waals surface area contributed by atoms with E-state index in [1.54, 1.807) is 6.07 Å². The normalized spacial score (nSPS) is 20.3. The lowest BCUT2D eigenvalue weighted by atomic mass is 9.79. The number of hydrogen-bond donors (Lipinski definition) is 3. The molecule has 1 spiro atoms. The molecule has 2 aromatic rings. The lowest BCUT2D eigenvalue weighted by Crippen LogP contribution is -2.43. The molecule has 8 heteroatoms. The Balaban J connectivity index is 1.73. The highest BCUT2D eigenvalue weighted by Gasteiger charge is 2.47. The lowest BCUT2D eigenvalue weighted by molar-refractivity contribution is 0.0892.